The number of rotatable bonds is 3. The second kappa shape index (κ2) is 4.23. The average molecular weight is 270 g/mol. The number of carbonyl (C=O) groups excluding carboxylic acids is 1. The molecule has 1 N–H and O–H groups in total. The largest absolute Gasteiger partial charge is 0.496 e. The lowest BCUT2D eigenvalue weighted by molar-refractivity contribution is -0.117. The number of amides is 1. The van der Waals surface area contributed by atoms with Gasteiger partial charge in [0.25, 0.3) is 0 Å². The van der Waals surface area contributed by atoms with Crippen LogP contribution in [0.5, 0.6) is 5.75 Å². The van der Waals surface area contributed by atoms with Crippen LogP contribution < -0.4 is 10.1 Å². The Balaban J connectivity index is 2.08. The van der Waals surface area contributed by atoms with Crippen molar-refractivity contribution in [3.8, 4) is 5.75 Å². The maximum absolute atomic E-state index is 11.5. The highest BCUT2D eigenvalue weighted by atomic mass is 79.9. The Bertz CT molecular complexity index is 388. The van der Waals surface area contributed by atoms with E-state index in [0.717, 1.165) is 28.8 Å². The molecule has 1 fully saturated rings. The van der Waals surface area contributed by atoms with Gasteiger partial charge in [0, 0.05) is 11.6 Å². The minimum Gasteiger partial charge on any atom is -0.496 e. The smallest absolute Gasteiger partial charge is 0.227 e. The molecular weight excluding hydrogens is 258 g/mol. The fourth-order valence-corrected chi connectivity index (χ4v) is 1.87. The number of ether oxygens (including phenoxy) is 1. The highest BCUT2D eigenvalue weighted by molar-refractivity contribution is 9.10. The molecule has 3 nitrogen and oxygen atoms in total. The lowest BCUT2D eigenvalue weighted by atomic mass is 10.3. The SMILES string of the molecule is COc1ccc(NC(=O)C2CC2)cc1Br. The maximum Gasteiger partial charge on any atom is 0.227 e. The van der Waals surface area contributed by atoms with Gasteiger partial charge < -0.3 is 10.1 Å². The first kappa shape index (κ1) is 10.5. The molecule has 1 aliphatic rings. The molecule has 1 saturated carbocycles. The summed E-state index contributed by atoms with van der Waals surface area (Å²) < 4.78 is 5.95. The van der Waals surface area contributed by atoms with Gasteiger partial charge in [-0.3, -0.25) is 4.79 Å². The molecule has 1 aliphatic carbocycles. The summed E-state index contributed by atoms with van der Waals surface area (Å²) in [7, 11) is 1.61. The van der Waals surface area contributed by atoms with Gasteiger partial charge >= 0.3 is 0 Å². The van der Waals surface area contributed by atoms with E-state index in [-0.39, 0.29) is 11.8 Å². The van der Waals surface area contributed by atoms with E-state index in [2.05, 4.69) is 21.2 Å². The van der Waals surface area contributed by atoms with E-state index < -0.39 is 0 Å². The minimum absolute atomic E-state index is 0.118. The maximum atomic E-state index is 11.5. The summed E-state index contributed by atoms with van der Waals surface area (Å²) in [6.45, 7) is 0. The monoisotopic (exact) mass is 269 g/mol. The molecule has 0 bridgehead atoms. The number of hydrogen-bond donors (Lipinski definition) is 1. The number of anilines is 1. The van der Waals surface area contributed by atoms with Crippen LogP contribution in [-0.2, 0) is 4.79 Å². The van der Waals surface area contributed by atoms with Crippen molar-refractivity contribution in [3.63, 3.8) is 0 Å². The van der Waals surface area contributed by atoms with Crippen molar-refractivity contribution in [2.24, 2.45) is 5.92 Å². The third kappa shape index (κ3) is 2.50. The molecule has 0 saturated heterocycles. The van der Waals surface area contributed by atoms with Crippen LogP contribution >= 0.6 is 15.9 Å². The molecule has 1 aromatic rings. The average Bonchev–Trinajstić information content (AvgIpc) is 3.01. The van der Waals surface area contributed by atoms with E-state index in [1.54, 1.807) is 7.11 Å². The summed E-state index contributed by atoms with van der Waals surface area (Å²) in [5, 5.41) is 2.87. The van der Waals surface area contributed by atoms with Crippen LogP contribution in [0.2, 0.25) is 0 Å². The van der Waals surface area contributed by atoms with Crippen molar-refractivity contribution in [3.05, 3.63) is 22.7 Å². The Kier molecular flexibility index (Phi) is 2.95. The van der Waals surface area contributed by atoms with Gasteiger partial charge in [0.2, 0.25) is 5.91 Å². The van der Waals surface area contributed by atoms with Crippen LogP contribution in [0.1, 0.15) is 12.8 Å². The van der Waals surface area contributed by atoms with Gasteiger partial charge in [0.1, 0.15) is 5.75 Å². The minimum atomic E-state index is 0.118. The van der Waals surface area contributed by atoms with Gasteiger partial charge in [0.05, 0.1) is 11.6 Å². The van der Waals surface area contributed by atoms with E-state index in [1.807, 2.05) is 18.2 Å². The molecule has 4 heteroatoms. The van der Waals surface area contributed by atoms with Gasteiger partial charge in [0.15, 0.2) is 0 Å². The lowest BCUT2D eigenvalue weighted by Gasteiger charge is -2.07. The van der Waals surface area contributed by atoms with E-state index in [0.29, 0.717) is 0 Å². The molecule has 0 unspecified atom stereocenters. The molecular formula is C11H12BrNO2. The first-order chi connectivity index (χ1) is 7.20. The van der Waals surface area contributed by atoms with Gasteiger partial charge in [-0.2, -0.15) is 0 Å². The number of hydrogen-bond acceptors (Lipinski definition) is 2. The summed E-state index contributed by atoms with van der Waals surface area (Å²) in [6.07, 6.45) is 2.03. The molecule has 15 heavy (non-hydrogen) atoms. The Hall–Kier alpha value is -1.03. The molecule has 80 valence electrons. The fourth-order valence-electron chi connectivity index (χ4n) is 1.33. The van der Waals surface area contributed by atoms with Gasteiger partial charge in [-0.1, -0.05) is 0 Å². The van der Waals surface area contributed by atoms with Gasteiger partial charge in [-0.05, 0) is 47.0 Å². The molecule has 1 amide bonds. The zero-order valence-corrected chi connectivity index (χ0v) is 10.0. The Morgan fingerprint density at radius 2 is 2.27 bits per heavy atom. The lowest BCUT2D eigenvalue weighted by Crippen LogP contribution is -2.13. The van der Waals surface area contributed by atoms with Crippen molar-refractivity contribution in [1.29, 1.82) is 0 Å². The van der Waals surface area contributed by atoms with Crippen molar-refractivity contribution < 1.29 is 9.53 Å². The second-order valence-corrected chi connectivity index (χ2v) is 4.47. The van der Waals surface area contributed by atoms with E-state index in [1.165, 1.54) is 0 Å². The van der Waals surface area contributed by atoms with Crippen LogP contribution in [0.25, 0.3) is 0 Å². The summed E-state index contributed by atoms with van der Waals surface area (Å²) in [6, 6.07) is 5.51. The molecule has 2 rings (SSSR count). The topological polar surface area (TPSA) is 38.3 Å². The second-order valence-electron chi connectivity index (χ2n) is 3.61. The molecule has 0 heterocycles. The highest BCUT2D eigenvalue weighted by Gasteiger charge is 2.29. The molecule has 0 radical (unpaired) electrons. The predicted molar refractivity (Wildman–Crippen MR) is 62.0 cm³/mol. The highest BCUT2D eigenvalue weighted by Crippen LogP contribution is 2.32. The summed E-state index contributed by atoms with van der Waals surface area (Å²) in [5.74, 6) is 1.11. The third-order valence-electron chi connectivity index (χ3n) is 2.37. The van der Waals surface area contributed by atoms with Gasteiger partial charge in [-0.25, -0.2) is 0 Å². The quantitative estimate of drug-likeness (QED) is 0.917. The molecule has 1 aromatic carbocycles. The zero-order valence-electron chi connectivity index (χ0n) is 8.42. The Morgan fingerprint density at radius 3 is 2.80 bits per heavy atom. The van der Waals surface area contributed by atoms with Crippen LogP contribution in [-0.4, -0.2) is 13.0 Å². The number of methoxy groups -OCH3 is 1. The van der Waals surface area contributed by atoms with Crippen molar-refractivity contribution in [2.75, 3.05) is 12.4 Å². The first-order valence-corrected chi connectivity index (χ1v) is 5.64. The third-order valence-corrected chi connectivity index (χ3v) is 2.99. The predicted octanol–water partition coefficient (Wildman–Crippen LogP) is 2.81. The van der Waals surface area contributed by atoms with Crippen LogP contribution in [0.3, 0.4) is 0 Å². The number of carbonyl (C=O) groups is 1. The zero-order chi connectivity index (χ0) is 10.8. The summed E-state index contributed by atoms with van der Waals surface area (Å²) >= 11 is 3.37. The summed E-state index contributed by atoms with van der Waals surface area (Å²) in [4.78, 5) is 11.5. The standard InChI is InChI=1S/C11H12BrNO2/c1-15-10-5-4-8(6-9(10)12)13-11(14)7-2-3-7/h4-7H,2-3H2,1H3,(H,13,14). The summed E-state index contributed by atoms with van der Waals surface area (Å²) in [5.41, 5.74) is 0.805. The Morgan fingerprint density at radius 1 is 1.53 bits per heavy atom. The van der Waals surface area contributed by atoms with Crippen molar-refractivity contribution in [2.45, 2.75) is 12.8 Å². The molecule has 0 spiro atoms. The van der Waals surface area contributed by atoms with E-state index in [9.17, 15) is 4.79 Å². The number of benzene rings is 1. The van der Waals surface area contributed by atoms with E-state index >= 15 is 0 Å². The normalized spacial score (nSPS) is 14.8. The van der Waals surface area contributed by atoms with Crippen LogP contribution in [0, 0.1) is 5.92 Å². The number of halogens is 1. The Labute approximate surface area is 96.9 Å². The first-order valence-electron chi connectivity index (χ1n) is 4.85. The fraction of sp³-hybridized carbons (Fsp3) is 0.364. The van der Waals surface area contributed by atoms with Crippen LogP contribution in [0.15, 0.2) is 22.7 Å². The molecule has 0 atom stereocenters. The molecule has 0 aromatic heterocycles. The van der Waals surface area contributed by atoms with Gasteiger partial charge in [-0.15, -0.1) is 0 Å². The van der Waals surface area contributed by atoms with Crippen molar-refractivity contribution >= 4 is 27.5 Å². The van der Waals surface area contributed by atoms with E-state index in [4.69, 9.17) is 4.74 Å². The number of nitrogens with one attached hydrogen (secondary N) is 1. The van der Waals surface area contributed by atoms with Crippen molar-refractivity contribution in [1.82, 2.24) is 0 Å². The molecule has 0 aliphatic heterocycles. The van der Waals surface area contributed by atoms with Crippen LogP contribution in [0.4, 0.5) is 5.69 Å².